The van der Waals surface area contributed by atoms with Crippen LogP contribution in [0, 0.1) is 0 Å². The maximum Gasteiger partial charge on any atom is 0.169 e. The minimum absolute atomic E-state index is 0.0529. The SMILES string of the molecule is O=C1CC(O)C2c3ccc(O)c4c3C(O)(CCC4=O)c3ccc(O)c1c32. The summed E-state index contributed by atoms with van der Waals surface area (Å²) in [6, 6.07) is 5.87. The Morgan fingerprint density at radius 3 is 2.42 bits per heavy atom. The van der Waals surface area contributed by atoms with Crippen LogP contribution in [0.1, 0.15) is 68.2 Å². The molecule has 0 saturated heterocycles. The summed E-state index contributed by atoms with van der Waals surface area (Å²) >= 11 is 0. The second-order valence-electron chi connectivity index (χ2n) is 7.30. The molecule has 0 bridgehead atoms. The highest BCUT2D eigenvalue weighted by atomic mass is 16.3. The topological polar surface area (TPSA) is 115 Å². The molecule has 6 heteroatoms. The van der Waals surface area contributed by atoms with Gasteiger partial charge in [-0.05, 0) is 35.2 Å². The molecule has 26 heavy (non-hydrogen) atoms. The van der Waals surface area contributed by atoms with E-state index in [1.54, 1.807) is 12.1 Å². The van der Waals surface area contributed by atoms with Gasteiger partial charge in [-0.2, -0.15) is 0 Å². The number of fused-ring (bicyclic) bond motifs is 2. The lowest BCUT2D eigenvalue weighted by Crippen LogP contribution is -2.44. The molecule has 3 aliphatic carbocycles. The van der Waals surface area contributed by atoms with Gasteiger partial charge in [-0.3, -0.25) is 9.59 Å². The number of aliphatic hydroxyl groups is 2. The third-order valence-corrected chi connectivity index (χ3v) is 6.00. The summed E-state index contributed by atoms with van der Waals surface area (Å²) in [5.74, 6) is -1.65. The standard InChI is InChI=1S/C20H16O6/c21-10-4-2-9-16-15(13(24)7-14(25)17(10)16)8-1-3-11(22)18-12(23)5-6-20(9,26)19(8)18/h1-4,13,15,21-22,24,26H,5-7H2. The van der Waals surface area contributed by atoms with Crippen LogP contribution in [-0.4, -0.2) is 38.1 Å². The van der Waals surface area contributed by atoms with Gasteiger partial charge in [0, 0.05) is 24.3 Å². The van der Waals surface area contributed by atoms with Gasteiger partial charge in [0.25, 0.3) is 0 Å². The van der Waals surface area contributed by atoms with Gasteiger partial charge in [-0.15, -0.1) is 0 Å². The third-order valence-electron chi connectivity index (χ3n) is 6.00. The number of Topliss-reactive ketones (excluding diaryl/α,β-unsaturated/α-hetero) is 2. The van der Waals surface area contributed by atoms with Crippen LogP contribution in [0.25, 0.3) is 0 Å². The number of phenolic OH excluding ortho intramolecular Hbond substituents is 2. The van der Waals surface area contributed by atoms with Crippen LogP contribution in [0.5, 0.6) is 11.5 Å². The molecular formula is C20H16O6. The fourth-order valence-electron chi connectivity index (χ4n) is 4.96. The summed E-state index contributed by atoms with van der Waals surface area (Å²) in [5.41, 5.74) is 0.333. The molecule has 3 unspecified atom stereocenters. The lowest BCUT2D eigenvalue weighted by Gasteiger charge is -2.46. The van der Waals surface area contributed by atoms with Crippen LogP contribution >= 0.6 is 0 Å². The average molecular weight is 352 g/mol. The second kappa shape index (κ2) is 4.72. The van der Waals surface area contributed by atoms with Crippen molar-refractivity contribution >= 4 is 11.6 Å². The van der Waals surface area contributed by atoms with E-state index in [2.05, 4.69) is 0 Å². The maximum atomic E-state index is 12.5. The van der Waals surface area contributed by atoms with Crippen molar-refractivity contribution in [1.29, 1.82) is 0 Å². The first-order valence-electron chi connectivity index (χ1n) is 8.54. The number of ketones is 2. The molecular weight excluding hydrogens is 336 g/mol. The van der Waals surface area contributed by atoms with E-state index in [0.29, 0.717) is 22.3 Å². The number of hydrogen-bond acceptors (Lipinski definition) is 6. The summed E-state index contributed by atoms with van der Waals surface area (Å²) in [6.45, 7) is 0. The molecule has 0 heterocycles. The molecule has 2 aromatic rings. The molecule has 3 aliphatic rings. The Morgan fingerprint density at radius 1 is 0.962 bits per heavy atom. The summed E-state index contributed by atoms with van der Waals surface area (Å²) in [6.07, 6.45) is -1.02. The van der Waals surface area contributed by atoms with Crippen LogP contribution in [0.3, 0.4) is 0 Å². The van der Waals surface area contributed by atoms with Gasteiger partial charge >= 0.3 is 0 Å². The number of hydrogen-bond donors (Lipinski definition) is 4. The number of benzene rings is 2. The zero-order valence-corrected chi connectivity index (χ0v) is 13.7. The van der Waals surface area contributed by atoms with Gasteiger partial charge in [-0.25, -0.2) is 0 Å². The van der Waals surface area contributed by atoms with Crippen molar-refractivity contribution in [3.05, 3.63) is 57.6 Å². The highest BCUT2D eigenvalue weighted by Gasteiger charge is 2.52. The number of aliphatic hydroxyl groups excluding tert-OH is 1. The Labute approximate surface area is 148 Å². The van der Waals surface area contributed by atoms with Gasteiger partial charge in [-0.1, -0.05) is 12.1 Å². The van der Waals surface area contributed by atoms with Crippen LogP contribution < -0.4 is 0 Å². The second-order valence-corrected chi connectivity index (χ2v) is 7.30. The number of carbonyl (C=O) groups is 2. The molecule has 0 fully saturated rings. The smallest absolute Gasteiger partial charge is 0.169 e. The number of carbonyl (C=O) groups excluding carboxylic acids is 2. The van der Waals surface area contributed by atoms with E-state index >= 15 is 0 Å². The maximum absolute atomic E-state index is 12.5. The highest BCUT2D eigenvalue weighted by molar-refractivity contribution is 6.05. The first-order valence-corrected chi connectivity index (χ1v) is 8.54. The Kier molecular flexibility index (Phi) is 2.82. The van der Waals surface area contributed by atoms with E-state index in [9.17, 15) is 30.0 Å². The van der Waals surface area contributed by atoms with Crippen molar-refractivity contribution in [2.24, 2.45) is 0 Å². The van der Waals surface area contributed by atoms with Crippen molar-refractivity contribution in [1.82, 2.24) is 0 Å². The quantitative estimate of drug-likeness (QED) is 0.574. The van der Waals surface area contributed by atoms with Gasteiger partial charge in [0.2, 0.25) is 0 Å². The highest BCUT2D eigenvalue weighted by Crippen LogP contribution is 2.57. The van der Waals surface area contributed by atoms with E-state index in [1.165, 1.54) is 12.1 Å². The summed E-state index contributed by atoms with van der Waals surface area (Å²) in [4.78, 5) is 24.9. The van der Waals surface area contributed by atoms with E-state index < -0.39 is 17.6 Å². The fourth-order valence-corrected chi connectivity index (χ4v) is 4.96. The summed E-state index contributed by atoms with van der Waals surface area (Å²) in [7, 11) is 0. The van der Waals surface area contributed by atoms with Gasteiger partial charge in [0.1, 0.15) is 17.1 Å². The monoisotopic (exact) mass is 352 g/mol. The predicted molar refractivity (Wildman–Crippen MR) is 89.6 cm³/mol. The van der Waals surface area contributed by atoms with Crippen LogP contribution in [0.2, 0.25) is 0 Å². The summed E-state index contributed by atoms with van der Waals surface area (Å²) in [5, 5.41) is 42.7. The number of phenols is 2. The molecule has 0 radical (unpaired) electrons. The Balaban J connectivity index is 1.96. The minimum Gasteiger partial charge on any atom is -0.507 e. The van der Waals surface area contributed by atoms with Crippen molar-refractivity contribution in [3.63, 3.8) is 0 Å². The molecule has 0 aliphatic heterocycles. The Morgan fingerprint density at radius 2 is 1.65 bits per heavy atom. The molecule has 0 aromatic heterocycles. The van der Waals surface area contributed by atoms with Crippen molar-refractivity contribution in [2.45, 2.75) is 36.9 Å². The minimum atomic E-state index is -1.55. The summed E-state index contributed by atoms with van der Waals surface area (Å²) < 4.78 is 0. The Bertz CT molecular complexity index is 1020. The molecule has 5 rings (SSSR count). The predicted octanol–water partition coefficient (Wildman–Crippen LogP) is 1.70. The largest absolute Gasteiger partial charge is 0.507 e. The van der Waals surface area contributed by atoms with Crippen molar-refractivity contribution in [3.8, 4) is 11.5 Å². The molecule has 0 amide bonds. The number of rotatable bonds is 0. The average Bonchev–Trinajstić information content (AvgIpc) is 2.58. The van der Waals surface area contributed by atoms with Crippen LogP contribution in [0.15, 0.2) is 24.3 Å². The van der Waals surface area contributed by atoms with E-state index in [1.807, 2.05) is 0 Å². The fraction of sp³-hybridized carbons (Fsp3) is 0.300. The van der Waals surface area contributed by atoms with Crippen molar-refractivity contribution in [2.75, 3.05) is 0 Å². The van der Waals surface area contributed by atoms with E-state index in [-0.39, 0.29) is 53.5 Å². The number of aromatic hydroxyl groups is 2. The molecule has 2 aromatic carbocycles. The van der Waals surface area contributed by atoms with Crippen LogP contribution in [-0.2, 0) is 5.60 Å². The third kappa shape index (κ3) is 1.63. The lowest BCUT2D eigenvalue weighted by atomic mass is 9.60. The molecule has 132 valence electrons. The van der Waals surface area contributed by atoms with E-state index in [4.69, 9.17) is 0 Å². The van der Waals surface area contributed by atoms with E-state index in [0.717, 1.165) is 0 Å². The molecule has 6 nitrogen and oxygen atoms in total. The molecule has 4 N–H and O–H groups in total. The van der Waals surface area contributed by atoms with Gasteiger partial charge in [0.05, 0.1) is 17.2 Å². The first-order chi connectivity index (χ1) is 12.3. The van der Waals surface area contributed by atoms with Gasteiger partial charge in [0.15, 0.2) is 11.6 Å². The Hall–Kier alpha value is -2.70. The molecule has 3 atom stereocenters. The van der Waals surface area contributed by atoms with Crippen molar-refractivity contribution < 1.29 is 30.0 Å². The zero-order valence-electron chi connectivity index (χ0n) is 13.7. The van der Waals surface area contributed by atoms with Gasteiger partial charge < -0.3 is 20.4 Å². The molecule has 0 spiro atoms. The molecule has 0 saturated carbocycles. The first kappa shape index (κ1) is 15.5. The lowest BCUT2D eigenvalue weighted by molar-refractivity contribution is 0.0441. The normalized spacial score (nSPS) is 28.5. The van der Waals surface area contributed by atoms with Crippen LogP contribution in [0.4, 0.5) is 0 Å². The zero-order chi connectivity index (χ0) is 18.4.